The summed E-state index contributed by atoms with van der Waals surface area (Å²) in [6.07, 6.45) is 13.8. The Morgan fingerprint density at radius 1 is 0.732 bits per heavy atom. The van der Waals surface area contributed by atoms with E-state index < -0.39 is 65.3 Å². The number of rotatable bonds is 3. The fraction of sp³-hybridized carbons (Fsp3) is 0.638. The van der Waals surface area contributed by atoms with Crippen molar-refractivity contribution in [3.63, 3.8) is 0 Å². The fourth-order valence-electron chi connectivity index (χ4n) is 18.3. The lowest BCUT2D eigenvalue weighted by molar-refractivity contribution is -0.228. The van der Waals surface area contributed by atoms with Crippen LogP contribution < -0.4 is 10.1 Å². The lowest BCUT2D eigenvalue weighted by atomic mass is 9.48. The van der Waals surface area contributed by atoms with E-state index in [1.807, 2.05) is 36.4 Å². The smallest absolute Gasteiger partial charge is 0.334 e. The normalized spacial score (nSPS) is 38.3. The second kappa shape index (κ2) is 22.7. The molecule has 16 atom stereocenters. The first-order chi connectivity index (χ1) is 39.6. The van der Waals surface area contributed by atoms with Crippen molar-refractivity contribution in [3.8, 4) is 23.3 Å². The molecule has 1 saturated heterocycles. The minimum atomic E-state index is -1.62. The van der Waals surface area contributed by atoms with Gasteiger partial charge in [0.2, 0.25) is 0 Å². The summed E-state index contributed by atoms with van der Waals surface area (Å²) < 4.78 is 20.0. The van der Waals surface area contributed by atoms with Crippen LogP contribution in [0.3, 0.4) is 0 Å². The number of ketones is 1. The lowest BCUT2D eigenvalue weighted by Crippen LogP contribution is -2.65. The van der Waals surface area contributed by atoms with Gasteiger partial charge in [-0.05, 0) is 177 Å². The maximum atomic E-state index is 16.0. The highest BCUT2D eigenvalue weighted by molar-refractivity contribution is 5.89. The fourth-order valence-corrected chi connectivity index (χ4v) is 18.3. The van der Waals surface area contributed by atoms with Crippen LogP contribution in [0.2, 0.25) is 0 Å². The molecule has 82 heavy (non-hydrogen) atoms. The van der Waals surface area contributed by atoms with Crippen molar-refractivity contribution in [2.45, 2.75) is 227 Å². The van der Waals surface area contributed by atoms with E-state index in [0.717, 1.165) is 113 Å². The third-order valence-corrected chi connectivity index (χ3v) is 22.3. The molecule has 5 saturated carbocycles. The Morgan fingerprint density at radius 2 is 1.50 bits per heavy atom. The highest BCUT2D eigenvalue weighted by Crippen LogP contribution is 2.60. The van der Waals surface area contributed by atoms with Gasteiger partial charge in [-0.15, -0.1) is 0 Å². The molecule has 0 unspecified atom stereocenters. The number of nitrogens with one attached hydrogen (secondary N) is 1. The Morgan fingerprint density at radius 3 is 2.33 bits per heavy atom. The molecule has 3 aromatic rings. The maximum absolute atomic E-state index is 16.0. The number of benzene rings is 3. The van der Waals surface area contributed by atoms with Gasteiger partial charge >= 0.3 is 11.9 Å². The molecular formula is C69H85NO12. The number of carbonyl (C=O) groups excluding carboxylic acids is 3. The molecule has 10 aliphatic rings. The van der Waals surface area contributed by atoms with Crippen molar-refractivity contribution in [1.29, 1.82) is 0 Å². The van der Waals surface area contributed by atoms with Crippen LogP contribution in [0.1, 0.15) is 198 Å². The molecule has 12 bridgehead atoms. The minimum absolute atomic E-state index is 0.0139. The van der Waals surface area contributed by atoms with Crippen LogP contribution in [-0.2, 0) is 56.1 Å². The van der Waals surface area contributed by atoms with Crippen LogP contribution in [-0.4, -0.2) is 96.6 Å². The second-order valence-corrected chi connectivity index (χ2v) is 27.3. The predicted octanol–water partition coefficient (Wildman–Crippen LogP) is 9.64. The summed E-state index contributed by atoms with van der Waals surface area (Å²) in [4.78, 5) is 44.4. The number of β-amino-alcohol motifs (C(OH)–C–C–N with tert-alkyl or cyclic N) is 1. The molecule has 13 heteroatoms. The van der Waals surface area contributed by atoms with E-state index in [0.29, 0.717) is 70.9 Å². The number of hydrogen-bond acceptors (Lipinski definition) is 13. The number of aliphatic hydroxyl groups excluding tert-OH is 3. The summed E-state index contributed by atoms with van der Waals surface area (Å²) in [7, 11) is 0. The molecule has 13 nitrogen and oxygen atoms in total. The van der Waals surface area contributed by atoms with Crippen molar-refractivity contribution < 1.29 is 59.2 Å². The van der Waals surface area contributed by atoms with E-state index in [-0.39, 0.29) is 104 Å². The number of esters is 2. The zero-order valence-electron chi connectivity index (χ0n) is 47.8. The van der Waals surface area contributed by atoms with Crippen molar-refractivity contribution in [3.05, 3.63) is 98.6 Å². The first-order valence-corrected chi connectivity index (χ1v) is 31.7. The van der Waals surface area contributed by atoms with Gasteiger partial charge in [0, 0.05) is 60.0 Å². The first-order valence-electron chi connectivity index (χ1n) is 31.7. The van der Waals surface area contributed by atoms with Crippen LogP contribution in [0.15, 0.2) is 54.1 Å². The SMILES string of the molecule is C[C@]1(O)CNc2cc([C@@H]3C#C[C@@H]4CC(=O)Oc5c4cc(c(O)c5C4CCCCC4)C[C@H]4OC(=O)/C(=C\[C@H](O)Cc5cccc(c5)C[C@H]5C(=O)CC[C@@H]6[C@H]5C[C@@H]5CCCC[C@H]5[C@]64O)C3)cc(CO)c2CC[C@@H]2C[C@H](O[C@H]3CCCC[C@@H]23)[C@@H]1O. The van der Waals surface area contributed by atoms with Crippen LogP contribution in [0.25, 0.3) is 0 Å². The summed E-state index contributed by atoms with van der Waals surface area (Å²) in [6.45, 7) is 1.30. The second-order valence-electron chi connectivity index (χ2n) is 27.3. The number of aromatic hydroxyl groups is 1. The minimum Gasteiger partial charge on any atom is -0.507 e. The van der Waals surface area contributed by atoms with Gasteiger partial charge in [-0.25, -0.2) is 4.79 Å². The van der Waals surface area contributed by atoms with Gasteiger partial charge in [-0.2, -0.15) is 0 Å². The van der Waals surface area contributed by atoms with Gasteiger partial charge in [-0.3, -0.25) is 9.59 Å². The highest BCUT2D eigenvalue weighted by Gasteiger charge is 2.62. The van der Waals surface area contributed by atoms with E-state index in [2.05, 4.69) is 23.2 Å². The molecule has 0 spiro atoms. The molecule has 0 radical (unpaired) electrons. The van der Waals surface area contributed by atoms with Gasteiger partial charge in [0.15, 0.2) is 0 Å². The number of anilines is 1. The monoisotopic (exact) mass is 1120 g/mol. The number of ether oxygens (including phenoxy) is 3. The lowest BCUT2D eigenvalue weighted by Gasteiger charge is -2.59. The molecule has 438 valence electrons. The third-order valence-electron chi connectivity index (χ3n) is 22.3. The Labute approximate surface area is 483 Å². The number of phenols is 1. The van der Waals surface area contributed by atoms with Crippen LogP contribution >= 0.6 is 0 Å². The quantitative estimate of drug-likeness (QED) is 0.0741. The molecule has 5 heterocycles. The van der Waals surface area contributed by atoms with E-state index in [4.69, 9.17) is 14.2 Å². The van der Waals surface area contributed by atoms with E-state index >= 15 is 4.79 Å². The van der Waals surface area contributed by atoms with Crippen LogP contribution in [0.5, 0.6) is 11.5 Å². The topological polar surface area (TPSA) is 212 Å². The molecule has 3 aromatic carbocycles. The molecule has 7 N–H and O–H groups in total. The van der Waals surface area contributed by atoms with Gasteiger partial charge in [-0.1, -0.05) is 93.5 Å². The average molecular weight is 1120 g/mol. The molecule has 0 amide bonds. The number of carbonyl (C=O) groups is 3. The highest BCUT2D eigenvalue weighted by atomic mass is 16.6. The van der Waals surface area contributed by atoms with Crippen LogP contribution in [0, 0.1) is 53.3 Å². The number of hydrogen-bond donors (Lipinski definition) is 7. The average Bonchev–Trinajstić information content (AvgIpc) is 2.77. The van der Waals surface area contributed by atoms with Gasteiger partial charge < -0.3 is 50.2 Å². The van der Waals surface area contributed by atoms with Crippen LogP contribution in [0.4, 0.5) is 5.69 Å². The molecule has 0 aromatic heterocycles. The number of fused-ring (bicyclic) bond motifs is 14. The Bertz CT molecular complexity index is 3060. The van der Waals surface area contributed by atoms with Crippen molar-refractivity contribution in [2.75, 3.05) is 11.9 Å². The maximum Gasteiger partial charge on any atom is 0.334 e. The molecule has 5 aliphatic heterocycles. The summed E-state index contributed by atoms with van der Waals surface area (Å²) in [6, 6.07) is 13.9. The predicted molar refractivity (Wildman–Crippen MR) is 308 cm³/mol. The van der Waals surface area contributed by atoms with E-state index in [1.165, 1.54) is 0 Å². The number of phenolic OH excluding ortho intramolecular Hbond substituents is 1. The third kappa shape index (κ3) is 10.5. The molecular weight excluding hydrogens is 1030 g/mol. The van der Waals surface area contributed by atoms with Crippen molar-refractivity contribution >= 4 is 23.4 Å². The summed E-state index contributed by atoms with van der Waals surface area (Å²) in [5, 5.41) is 78.6. The van der Waals surface area contributed by atoms with Gasteiger partial charge in [0.05, 0.1) is 37.3 Å². The van der Waals surface area contributed by atoms with E-state index in [1.54, 1.807) is 13.0 Å². The largest absolute Gasteiger partial charge is 0.507 e. The Hall–Kier alpha value is -5.07. The molecule has 6 fully saturated rings. The zero-order valence-corrected chi connectivity index (χ0v) is 47.8. The Kier molecular flexibility index (Phi) is 15.6. The standard InChI is InChI=1S/C69H85NO12/c1-68(78)37-70-57-32-45(28-48(36-71)50(57)21-20-42-33-60(66(68)76)80-59-17-8-6-15-51(42)59)41-18-19-43-35-62(74)82-65-52(43)31-46(64(75)63(65)40-12-3-2-4-13-40)34-61-69(79)55-16-7-5-14-44(55)30-53-54(58(73)23-22-56(53)69)26-39-11-9-10-38(24-39)25-49(72)29-47(27-41)67(77)81-61/h9-11,24,28-29,31-32,40-44,49,51,53-56,59-61,66,70-72,75-76,78-79H,2-8,12-17,20-23,25-27,30,33-37H2,1H3/b47-29-/t41-,42-,43-,44+,49-,51+,53+,54-,55-,56-,59+,60+,61-,66+,68+,69+/m1/s1. The van der Waals surface area contributed by atoms with Gasteiger partial charge in [0.1, 0.15) is 40.7 Å². The van der Waals surface area contributed by atoms with E-state index in [9.17, 15) is 40.2 Å². The number of Topliss-reactive ketones (excluding diaryl/α,β-unsaturated/α-hetero) is 1. The Balaban J connectivity index is 0.995. The zero-order chi connectivity index (χ0) is 56.6. The summed E-state index contributed by atoms with van der Waals surface area (Å²) in [5.74, 6) is 4.27. The first kappa shape index (κ1) is 56.1. The molecule has 5 aliphatic carbocycles. The summed E-state index contributed by atoms with van der Waals surface area (Å²) >= 11 is 0. The summed E-state index contributed by atoms with van der Waals surface area (Å²) in [5.41, 5.74) is 3.36. The van der Waals surface area contributed by atoms with Gasteiger partial charge in [0.25, 0.3) is 0 Å². The number of aliphatic hydroxyl groups is 5. The van der Waals surface area contributed by atoms with Crippen molar-refractivity contribution in [2.24, 2.45) is 41.4 Å². The van der Waals surface area contributed by atoms with Crippen molar-refractivity contribution in [1.82, 2.24) is 0 Å². The molecule has 13 rings (SSSR count).